The lowest BCUT2D eigenvalue weighted by Gasteiger charge is -2.21. The molecule has 2 rings (SSSR count). The zero-order chi connectivity index (χ0) is 13.7. The number of hydrogen-bond acceptors (Lipinski definition) is 2. The summed E-state index contributed by atoms with van der Waals surface area (Å²) >= 11 is 0. The van der Waals surface area contributed by atoms with Crippen molar-refractivity contribution in [1.82, 2.24) is 4.90 Å². The lowest BCUT2D eigenvalue weighted by atomic mass is 10.0. The van der Waals surface area contributed by atoms with Gasteiger partial charge in [-0.05, 0) is 57.2 Å². The number of rotatable bonds is 4. The summed E-state index contributed by atoms with van der Waals surface area (Å²) in [5.74, 6) is 0.867. The number of nitrogens with zero attached hydrogens (tertiary/aromatic N) is 1. The molecule has 2 nitrogen and oxygen atoms in total. The highest BCUT2D eigenvalue weighted by atomic mass is 16.3. The Morgan fingerprint density at radius 1 is 1.32 bits per heavy atom. The van der Waals surface area contributed by atoms with Crippen molar-refractivity contribution >= 4 is 0 Å². The second-order valence-electron chi connectivity index (χ2n) is 6.10. The number of hydrogen-bond donors (Lipinski definition) is 1. The molecule has 106 valence electrons. The molecule has 2 unspecified atom stereocenters. The molecule has 0 radical (unpaired) electrons. The molecule has 1 saturated heterocycles. The Hall–Kier alpha value is -0.860. The van der Waals surface area contributed by atoms with E-state index in [9.17, 15) is 5.11 Å². The van der Waals surface area contributed by atoms with E-state index in [4.69, 9.17) is 0 Å². The molecule has 0 saturated carbocycles. The number of aryl methyl sites for hydroxylation is 1. The van der Waals surface area contributed by atoms with Gasteiger partial charge in [0.2, 0.25) is 0 Å². The van der Waals surface area contributed by atoms with Gasteiger partial charge in [-0.3, -0.25) is 0 Å². The van der Waals surface area contributed by atoms with Gasteiger partial charge >= 0.3 is 0 Å². The number of aliphatic hydroxyl groups is 1. The van der Waals surface area contributed by atoms with Gasteiger partial charge in [0.1, 0.15) is 0 Å². The van der Waals surface area contributed by atoms with Crippen molar-refractivity contribution in [3.63, 3.8) is 0 Å². The Bertz CT molecular complexity index is 391. The Morgan fingerprint density at radius 2 is 2.16 bits per heavy atom. The van der Waals surface area contributed by atoms with Crippen LogP contribution in [-0.2, 0) is 0 Å². The molecule has 19 heavy (non-hydrogen) atoms. The van der Waals surface area contributed by atoms with Crippen LogP contribution < -0.4 is 0 Å². The standard InChI is InChI=1S/C17H27NO/c1-14-6-4-10-18(11-8-14)12-9-17(19)16-7-3-5-15(2)13-16/h3,5,7,13-14,17,19H,4,6,8-12H2,1-2H3. The summed E-state index contributed by atoms with van der Waals surface area (Å²) in [4.78, 5) is 2.52. The van der Waals surface area contributed by atoms with Crippen molar-refractivity contribution in [1.29, 1.82) is 0 Å². The fourth-order valence-corrected chi connectivity index (χ4v) is 2.89. The maximum absolute atomic E-state index is 10.3. The summed E-state index contributed by atoms with van der Waals surface area (Å²) in [6.45, 7) is 7.84. The molecule has 2 atom stereocenters. The van der Waals surface area contributed by atoms with Crippen molar-refractivity contribution in [3.05, 3.63) is 35.4 Å². The Labute approximate surface area is 117 Å². The molecule has 2 heteroatoms. The zero-order valence-electron chi connectivity index (χ0n) is 12.3. The molecule has 1 heterocycles. The van der Waals surface area contributed by atoms with E-state index in [0.29, 0.717) is 0 Å². The lowest BCUT2D eigenvalue weighted by Crippen LogP contribution is -2.27. The first-order valence-electron chi connectivity index (χ1n) is 7.62. The topological polar surface area (TPSA) is 23.5 Å². The first-order valence-corrected chi connectivity index (χ1v) is 7.62. The fraction of sp³-hybridized carbons (Fsp3) is 0.647. The largest absolute Gasteiger partial charge is 0.388 e. The maximum atomic E-state index is 10.3. The highest BCUT2D eigenvalue weighted by molar-refractivity contribution is 5.23. The monoisotopic (exact) mass is 261 g/mol. The molecule has 0 aromatic heterocycles. The maximum Gasteiger partial charge on any atom is 0.0802 e. The van der Waals surface area contributed by atoms with Gasteiger partial charge < -0.3 is 10.0 Å². The van der Waals surface area contributed by atoms with E-state index in [2.05, 4.69) is 30.9 Å². The summed E-state index contributed by atoms with van der Waals surface area (Å²) < 4.78 is 0. The number of benzene rings is 1. The van der Waals surface area contributed by atoms with Gasteiger partial charge in [-0.1, -0.05) is 36.8 Å². The fourth-order valence-electron chi connectivity index (χ4n) is 2.89. The SMILES string of the molecule is Cc1cccc(C(O)CCN2CCCC(C)CC2)c1. The van der Waals surface area contributed by atoms with E-state index in [1.807, 2.05) is 12.1 Å². The summed E-state index contributed by atoms with van der Waals surface area (Å²) in [5, 5.41) is 10.3. The molecule has 1 aliphatic heterocycles. The predicted molar refractivity (Wildman–Crippen MR) is 80.2 cm³/mol. The van der Waals surface area contributed by atoms with Gasteiger partial charge in [-0.25, -0.2) is 0 Å². The summed E-state index contributed by atoms with van der Waals surface area (Å²) in [5.41, 5.74) is 2.28. The van der Waals surface area contributed by atoms with Crippen LogP contribution in [-0.4, -0.2) is 29.6 Å². The minimum absolute atomic E-state index is 0.319. The van der Waals surface area contributed by atoms with Crippen LogP contribution in [0, 0.1) is 12.8 Å². The third-order valence-electron chi connectivity index (χ3n) is 4.26. The van der Waals surface area contributed by atoms with Crippen molar-refractivity contribution in [2.24, 2.45) is 5.92 Å². The molecular weight excluding hydrogens is 234 g/mol. The van der Waals surface area contributed by atoms with E-state index in [1.165, 1.54) is 37.9 Å². The van der Waals surface area contributed by atoms with E-state index in [0.717, 1.165) is 24.4 Å². The lowest BCUT2D eigenvalue weighted by molar-refractivity contribution is 0.142. The summed E-state index contributed by atoms with van der Waals surface area (Å²) in [7, 11) is 0. The molecule has 1 aromatic carbocycles. The molecule has 0 spiro atoms. The highest BCUT2D eigenvalue weighted by Gasteiger charge is 2.15. The average Bonchev–Trinajstić information content (AvgIpc) is 2.61. The first kappa shape index (κ1) is 14.5. The van der Waals surface area contributed by atoms with Crippen molar-refractivity contribution in [3.8, 4) is 0 Å². The zero-order valence-corrected chi connectivity index (χ0v) is 12.3. The van der Waals surface area contributed by atoms with Gasteiger partial charge in [-0.2, -0.15) is 0 Å². The third-order valence-corrected chi connectivity index (χ3v) is 4.26. The molecule has 0 bridgehead atoms. The Morgan fingerprint density at radius 3 is 2.95 bits per heavy atom. The third kappa shape index (κ3) is 4.63. The van der Waals surface area contributed by atoms with E-state index >= 15 is 0 Å². The second kappa shape index (κ2) is 7.06. The van der Waals surface area contributed by atoms with E-state index < -0.39 is 0 Å². The molecule has 0 amide bonds. The molecule has 1 aliphatic rings. The summed E-state index contributed by atoms with van der Waals surface area (Å²) in [6.07, 6.45) is 4.50. The van der Waals surface area contributed by atoms with E-state index in [-0.39, 0.29) is 6.10 Å². The normalized spacial score (nSPS) is 23.0. The Balaban J connectivity index is 1.81. The smallest absolute Gasteiger partial charge is 0.0802 e. The van der Waals surface area contributed by atoms with Crippen molar-refractivity contribution < 1.29 is 5.11 Å². The Kier molecular flexibility index (Phi) is 5.41. The van der Waals surface area contributed by atoms with Crippen LogP contribution in [0.1, 0.15) is 49.8 Å². The van der Waals surface area contributed by atoms with Crippen molar-refractivity contribution in [2.75, 3.05) is 19.6 Å². The van der Waals surface area contributed by atoms with Crippen LogP contribution in [0.2, 0.25) is 0 Å². The van der Waals surface area contributed by atoms with Gasteiger partial charge in [0.25, 0.3) is 0 Å². The minimum Gasteiger partial charge on any atom is -0.388 e. The van der Waals surface area contributed by atoms with Crippen LogP contribution in [0.4, 0.5) is 0 Å². The molecular formula is C17H27NO. The molecule has 0 aliphatic carbocycles. The van der Waals surface area contributed by atoms with Gasteiger partial charge in [0.15, 0.2) is 0 Å². The second-order valence-corrected chi connectivity index (χ2v) is 6.10. The summed E-state index contributed by atoms with van der Waals surface area (Å²) in [6, 6.07) is 8.23. The van der Waals surface area contributed by atoms with Crippen LogP contribution in [0.5, 0.6) is 0 Å². The quantitative estimate of drug-likeness (QED) is 0.896. The number of aliphatic hydroxyl groups excluding tert-OH is 1. The van der Waals surface area contributed by atoms with Crippen LogP contribution in [0.25, 0.3) is 0 Å². The first-order chi connectivity index (χ1) is 9.15. The van der Waals surface area contributed by atoms with Crippen LogP contribution >= 0.6 is 0 Å². The predicted octanol–water partition coefficient (Wildman–Crippen LogP) is 3.54. The highest BCUT2D eigenvalue weighted by Crippen LogP contribution is 2.20. The molecule has 1 fully saturated rings. The van der Waals surface area contributed by atoms with Crippen LogP contribution in [0.15, 0.2) is 24.3 Å². The van der Waals surface area contributed by atoms with E-state index in [1.54, 1.807) is 0 Å². The average molecular weight is 261 g/mol. The van der Waals surface area contributed by atoms with Crippen molar-refractivity contribution in [2.45, 2.75) is 45.6 Å². The molecule has 1 aromatic rings. The molecule has 1 N–H and O–H groups in total. The minimum atomic E-state index is -0.319. The van der Waals surface area contributed by atoms with Gasteiger partial charge in [0, 0.05) is 6.54 Å². The van der Waals surface area contributed by atoms with Gasteiger partial charge in [-0.15, -0.1) is 0 Å². The van der Waals surface area contributed by atoms with Crippen LogP contribution in [0.3, 0.4) is 0 Å². The van der Waals surface area contributed by atoms with Gasteiger partial charge in [0.05, 0.1) is 6.10 Å². The number of likely N-dealkylation sites (tertiary alicyclic amines) is 1.